The molecule has 0 aliphatic carbocycles. The molecule has 0 radical (unpaired) electrons. The van der Waals surface area contributed by atoms with E-state index in [1.807, 2.05) is 13.8 Å². The highest BCUT2D eigenvalue weighted by atomic mass is 35.5. The fourth-order valence-electron chi connectivity index (χ4n) is 2.09. The van der Waals surface area contributed by atoms with E-state index in [0.29, 0.717) is 32.8 Å². The average Bonchev–Trinajstić information content (AvgIpc) is 2.56. The molecule has 0 bridgehead atoms. The van der Waals surface area contributed by atoms with Gasteiger partial charge in [0.2, 0.25) is 5.91 Å². The summed E-state index contributed by atoms with van der Waals surface area (Å²) < 4.78 is 11.0. The summed E-state index contributed by atoms with van der Waals surface area (Å²) >= 11 is 12.3. The van der Waals surface area contributed by atoms with E-state index in [4.69, 9.17) is 32.7 Å². The van der Waals surface area contributed by atoms with Crippen molar-refractivity contribution in [1.29, 1.82) is 0 Å². The molecule has 2 aromatic carbocycles. The van der Waals surface area contributed by atoms with Gasteiger partial charge in [0.05, 0.1) is 28.9 Å². The largest absolute Gasteiger partial charge is 0.493 e. The van der Waals surface area contributed by atoms with Crippen molar-refractivity contribution in [3.63, 3.8) is 0 Å². The first kappa shape index (κ1) is 19.2. The molecule has 0 unspecified atom stereocenters. The van der Waals surface area contributed by atoms with Gasteiger partial charge in [-0.25, -0.2) is 0 Å². The van der Waals surface area contributed by atoms with Crippen LogP contribution >= 0.6 is 23.2 Å². The maximum absolute atomic E-state index is 12.0. The Bertz CT molecular complexity index is 788. The van der Waals surface area contributed by atoms with Crippen molar-refractivity contribution in [3.05, 3.63) is 58.1 Å². The molecule has 0 aliphatic rings. The van der Waals surface area contributed by atoms with E-state index < -0.39 is 0 Å². The summed E-state index contributed by atoms with van der Waals surface area (Å²) in [6.45, 7) is 3.81. The molecule has 6 heteroatoms. The highest BCUT2D eigenvalue weighted by Crippen LogP contribution is 2.37. The number of para-hydroxylation sites is 1. The number of methoxy groups -OCH3 is 1. The molecular weight excluding hydrogens is 361 g/mol. The lowest BCUT2D eigenvalue weighted by atomic mass is 10.1. The summed E-state index contributed by atoms with van der Waals surface area (Å²) in [6.07, 6.45) is 3.01. The second kappa shape index (κ2) is 8.79. The number of benzene rings is 2. The van der Waals surface area contributed by atoms with E-state index in [0.717, 1.165) is 0 Å². The predicted molar refractivity (Wildman–Crippen MR) is 103 cm³/mol. The Hall–Kier alpha value is -2.17. The van der Waals surface area contributed by atoms with Gasteiger partial charge in [0.25, 0.3) is 0 Å². The first-order chi connectivity index (χ1) is 11.9. The van der Waals surface area contributed by atoms with Crippen molar-refractivity contribution in [2.45, 2.75) is 20.0 Å². The van der Waals surface area contributed by atoms with Crippen LogP contribution in [0.3, 0.4) is 0 Å². The molecule has 0 saturated heterocycles. The number of ether oxygens (including phenoxy) is 2. The number of carbonyl (C=O) groups excluding carboxylic acids is 1. The van der Waals surface area contributed by atoms with Crippen LogP contribution in [-0.4, -0.2) is 19.1 Å². The zero-order chi connectivity index (χ0) is 18.4. The van der Waals surface area contributed by atoms with Crippen molar-refractivity contribution >= 4 is 40.9 Å². The van der Waals surface area contributed by atoms with Gasteiger partial charge >= 0.3 is 0 Å². The number of anilines is 1. The zero-order valence-electron chi connectivity index (χ0n) is 14.2. The minimum Gasteiger partial charge on any atom is -0.493 e. The standard InChI is InChI=1S/C19H19Cl2NO3/c1-12(2)25-19-15(21)10-13(11-17(19)24-3)8-9-18(23)22-16-7-5-4-6-14(16)20/h4-12H,1-3H3,(H,22,23)/b9-8+. The number of hydrogen-bond donors (Lipinski definition) is 1. The molecule has 1 amide bonds. The third-order valence-corrected chi connectivity index (χ3v) is 3.77. The lowest BCUT2D eigenvalue weighted by Crippen LogP contribution is -2.08. The number of hydrogen-bond acceptors (Lipinski definition) is 3. The van der Waals surface area contributed by atoms with Crippen molar-refractivity contribution in [1.82, 2.24) is 0 Å². The van der Waals surface area contributed by atoms with Crippen LogP contribution in [0.25, 0.3) is 6.08 Å². The van der Waals surface area contributed by atoms with Gasteiger partial charge in [-0.1, -0.05) is 35.3 Å². The lowest BCUT2D eigenvalue weighted by Gasteiger charge is -2.15. The van der Waals surface area contributed by atoms with Gasteiger partial charge < -0.3 is 14.8 Å². The number of halogens is 2. The zero-order valence-corrected chi connectivity index (χ0v) is 15.7. The van der Waals surface area contributed by atoms with Gasteiger partial charge in [-0.05, 0) is 49.8 Å². The average molecular weight is 380 g/mol. The Labute approximate surface area is 157 Å². The van der Waals surface area contributed by atoms with Crippen LogP contribution < -0.4 is 14.8 Å². The third-order valence-electron chi connectivity index (χ3n) is 3.16. The number of carbonyl (C=O) groups is 1. The van der Waals surface area contributed by atoms with Gasteiger partial charge in [0.15, 0.2) is 11.5 Å². The summed E-state index contributed by atoms with van der Waals surface area (Å²) in [4.78, 5) is 12.0. The van der Waals surface area contributed by atoms with Crippen molar-refractivity contribution in [2.24, 2.45) is 0 Å². The maximum Gasteiger partial charge on any atom is 0.248 e. The Morgan fingerprint density at radius 1 is 1.16 bits per heavy atom. The summed E-state index contributed by atoms with van der Waals surface area (Å²) in [7, 11) is 1.54. The molecule has 0 aromatic heterocycles. The monoisotopic (exact) mass is 379 g/mol. The van der Waals surface area contributed by atoms with E-state index in [1.165, 1.54) is 13.2 Å². The van der Waals surface area contributed by atoms with E-state index in [9.17, 15) is 4.79 Å². The molecule has 0 saturated carbocycles. The summed E-state index contributed by atoms with van der Waals surface area (Å²) in [6, 6.07) is 10.5. The Balaban J connectivity index is 2.16. The molecule has 0 spiro atoms. The smallest absolute Gasteiger partial charge is 0.248 e. The predicted octanol–water partition coefficient (Wildman–Crippen LogP) is 5.44. The van der Waals surface area contributed by atoms with Gasteiger partial charge in [0.1, 0.15) is 0 Å². The fourth-order valence-corrected chi connectivity index (χ4v) is 2.54. The first-order valence-corrected chi connectivity index (χ1v) is 8.44. The molecule has 0 atom stereocenters. The molecule has 0 heterocycles. The van der Waals surface area contributed by atoms with Crippen LogP contribution in [0.2, 0.25) is 10.0 Å². The topological polar surface area (TPSA) is 47.6 Å². The first-order valence-electron chi connectivity index (χ1n) is 7.68. The molecule has 132 valence electrons. The molecule has 4 nitrogen and oxygen atoms in total. The highest BCUT2D eigenvalue weighted by molar-refractivity contribution is 6.34. The van der Waals surface area contributed by atoms with Crippen LogP contribution in [0.5, 0.6) is 11.5 Å². The van der Waals surface area contributed by atoms with E-state index >= 15 is 0 Å². The highest BCUT2D eigenvalue weighted by Gasteiger charge is 2.12. The molecule has 0 aliphatic heterocycles. The van der Waals surface area contributed by atoms with Crippen LogP contribution in [0.15, 0.2) is 42.5 Å². The van der Waals surface area contributed by atoms with Gasteiger partial charge in [-0.15, -0.1) is 0 Å². The van der Waals surface area contributed by atoms with Crippen molar-refractivity contribution in [2.75, 3.05) is 12.4 Å². The van der Waals surface area contributed by atoms with Crippen molar-refractivity contribution in [3.8, 4) is 11.5 Å². The summed E-state index contributed by atoms with van der Waals surface area (Å²) in [5.74, 6) is 0.690. The van der Waals surface area contributed by atoms with Gasteiger partial charge in [0, 0.05) is 6.08 Å². The Kier molecular flexibility index (Phi) is 6.73. The van der Waals surface area contributed by atoms with Crippen molar-refractivity contribution < 1.29 is 14.3 Å². The number of amides is 1. The lowest BCUT2D eigenvalue weighted by molar-refractivity contribution is -0.111. The van der Waals surface area contributed by atoms with Crippen LogP contribution in [0, 0.1) is 0 Å². The number of nitrogens with one attached hydrogen (secondary N) is 1. The molecular formula is C19H19Cl2NO3. The molecule has 25 heavy (non-hydrogen) atoms. The fraction of sp³-hybridized carbons (Fsp3) is 0.211. The maximum atomic E-state index is 12.0. The van der Waals surface area contributed by atoms with Crippen LogP contribution in [0.4, 0.5) is 5.69 Å². The third kappa shape index (κ3) is 5.41. The SMILES string of the molecule is COc1cc(/C=C/C(=O)Nc2ccccc2Cl)cc(Cl)c1OC(C)C. The molecule has 0 fully saturated rings. The van der Waals surface area contributed by atoms with Gasteiger partial charge in [-0.3, -0.25) is 4.79 Å². The van der Waals surface area contributed by atoms with E-state index in [2.05, 4.69) is 5.32 Å². The molecule has 1 N–H and O–H groups in total. The van der Waals surface area contributed by atoms with Crippen LogP contribution in [0.1, 0.15) is 19.4 Å². The summed E-state index contributed by atoms with van der Waals surface area (Å²) in [5.41, 5.74) is 1.27. The van der Waals surface area contributed by atoms with E-state index in [-0.39, 0.29) is 12.0 Å². The second-order valence-electron chi connectivity index (χ2n) is 5.50. The minimum atomic E-state index is -0.300. The Morgan fingerprint density at radius 3 is 2.52 bits per heavy atom. The molecule has 2 rings (SSSR count). The normalized spacial score (nSPS) is 11.0. The van der Waals surface area contributed by atoms with Crippen LogP contribution in [-0.2, 0) is 4.79 Å². The molecule has 2 aromatic rings. The minimum absolute atomic E-state index is 0.0332. The quantitative estimate of drug-likeness (QED) is 0.679. The summed E-state index contributed by atoms with van der Waals surface area (Å²) in [5, 5.41) is 3.61. The van der Waals surface area contributed by atoms with E-state index in [1.54, 1.807) is 42.5 Å². The second-order valence-corrected chi connectivity index (χ2v) is 6.32. The Morgan fingerprint density at radius 2 is 1.88 bits per heavy atom. The van der Waals surface area contributed by atoms with Gasteiger partial charge in [-0.2, -0.15) is 0 Å². The number of rotatable bonds is 6.